The highest BCUT2D eigenvalue weighted by molar-refractivity contribution is 7.12. The highest BCUT2D eigenvalue weighted by atomic mass is 32.1. The average molecular weight is 283 g/mol. The van der Waals surface area contributed by atoms with Gasteiger partial charge in [0.2, 0.25) is 5.91 Å². The number of nitrogen functional groups attached to an aromatic ring is 1. The molecule has 1 aromatic heterocycles. The predicted molar refractivity (Wildman–Crippen MR) is 78.2 cm³/mol. The van der Waals surface area contributed by atoms with Crippen molar-refractivity contribution in [2.24, 2.45) is 0 Å². The molecule has 5 nitrogen and oxygen atoms in total. The molecule has 0 spiro atoms. The van der Waals surface area contributed by atoms with Gasteiger partial charge in [-0.25, -0.2) is 0 Å². The zero-order valence-electron chi connectivity index (χ0n) is 11.4. The van der Waals surface area contributed by atoms with Crippen LogP contribution in [0.3, 0.4) is 0 Å². The minimum absolute atomic E-state index is 0.0873. The van der Waals surface area contributed by atoms with E-state index in [1.165, 1.54) is 11.3 Å². The van der Waals surface area contributed by atoms with Gasteiger partial charge in [-0.1, -0.05) is 13.8 Å². The maximum Gasteiger partial charge on any atom is 0.266 e. The van der Waals surface area contributed by atoms with E-state index < -0.39 is 0 Å². The van der Waals surface area contributed by atoms with Crippen molar-refractivity contribution >= 4 is 28.8 Å². The molecule has 0 bridgehead atoms. The van der Waals surface area contributed by atoms with E-state index in [-0.39, 0.29) is 18.4 Å². The first-order valence-corrected chi connectivity index (χ1v) is 7.37. The Morgan fingerprint density at radius 1 is 1.37 bits per heavy atom. The first kappa shape index (κ1) is 15.5. The van der Waals surface area contributed by atoms with Gasteiger partial charge in [-0.2, -0.15) is 0 Å². The fourth-order valence-corrected chi connectivity index (χ4v) is 2.44. The lowest BCUT2D eigenvalue weighted by Crippen LogP contribution is -2.41. The van der Waals surface area contributed by atoms with Crippen LogP contribution in [0.25, 0.3) is 0 Å². The Balaban J connectivity index is 2.69. The van der Waals surface area contributed by atoms with Gasteiger partial charge in [0.05, 0.1) is 12.2 Å². The van der Waals surface area contributed by atoms with E-state index in [1.807, 2.05) is 13.8 Å². The van der Waals surface area contributed by atoms with Crippen molar-refractivity contribution in [3.63, 3.8) is 0 Å². The molecule has 0 atom stereocenters. The van der Waals surface area contributed by atoms with Gasteiger partial charge >= 0.3 is 0 Å². The van der Waals surface area contributed by atoms with Gasteiger partial charge in [0.15, 0.2) is 0 Å². The van der Waals surface area contributed by atoms with Crippen molar-refractivity contribution in [1.82, 2.24) is 10.2 Å². The number of nitrogens with two attached hydrogens (primary N) is 1. The number of hydrogen-bond donors (Lipinski definition) is 2. The number of anilines is 1. The molecular weight excluding hydrogens is 262 g/mol. The van der Waals surface area contributed by atoms with Crippen LogP contribution in [0.1, 0.15) is 36.4 Å². The zero-order chi connectivity index (χ0) is 14.3. The number of thiophene rings is 1. The van der Waals surface area contributed by atoms with E-state index in [0.29, 0.717) is 23.7 Å². The molecule has 0 aromatic carbocycles. The van der Waals surface area contributed by atoms with Gasteiger partial charge in [-0.05, 0) is 24.3 Å². The molecule has 6 heteroatoms. The van der Waals surface area contributed by atoms with E-state index in [4.69, 9.17) is 5.73 Å². The summed E-state index contributed by atoms with van der Waals surface area (Å²) in [5.74, 6) is -0.292. The average Bonchev–Trinajstić information content (AvgIpc) is 2.81. The fourth-order valence-electron chi connectivity index (χ4n) is 1.65. The normalized spacial score (nSPS) is 10.2. The number of nitrogens with zero attached hydrogens (tertiary/aromatic N) is 1. The Morgan fingerprint density at radius 3 is 2.63 bits per heavy atom. The minimum atomic E-state index is -0.166. The second kappa shape index (κ2) is 7.78. The fraction of sp³-hybridized carbons (Fsp3) is 0.538. The molecule has 0 aliphatic rings. The second-order valence-corrected chi connectivity index (χ2v) is 5.20. The molecule has 0 unspecified atom stereocenters. The van der Waals surface area contributed by atoms with Crippen LogP contribution in [0, 0.1) is 0 Å². The van der Waals surface area contributed by atoms with Crippen LogP contribution in [0.5, 0.6) is 0 Å². The summed E-state index contributed by atoms with van der Waals surface area (Å²) in [7, 11) is 0. The molecule has 3 N–H and O–H groups in total. The molecule has 0 fully saturated rings. The molecule has 0 saturated carbocycles. The Hall–Kier alpha value is -1.56. The Morgan fingerprint density at radius 2 is 2.11 bits per heavy atom. The van der Waals surface area contributed by atoms with Crippen molar-refractivity contribution < 1.29 is 9.59 Å². The third-order valence-electron chi connectivity index (χ3n) is 2.58. The van der Waals surface area contributed by atoms with Crippen molar-refractivity contribution in [3.8, 4) is 0 Å². The van der Waals surface area contributed by atoms with Crippen LogP contribution in [-0.4, -0.2) is 36.3 Å². The number of amides is 2. The van der Waals surface area contributed by atoms with Gasteiger partial charge in [0, 0.05) is 13.1 Å². The van der Waals surface area contributed by atoms with Crippen molar-refractivity contribution in [2.75, 3.05) is 25.4 Å². The zero-order valence-corrected chi connectivity index (χ0v) is 12.3. The van der Waals surface area contributed by atoms with E-state index in [1.54, 1.807) is 16.3 Å². The van der Waals surface area contributed by atoms with E-state index in [2.05, 4.69) is 5.32 Å². The third kappa shape index (κ3) is 4.55. The summed E-state index contributed by atoms with van der Waals surface area (Å²) in [5.41, 5.74) is 6.23. The lowest BCUT2D eigenvalue weighted by Gasteiger charge is -2.21. The van der Waals surface area contributed by atoms with Gasteiger partial charge in [-0.3, -0.25) is 9.59 Å². The standard InChI is InChI=1S/C13H21N3O2S/c1-3-6-15-11(17)9-16(7-4-2)13(18)12-10(14)5-8-19-12/h5,8H,3-4,6-7,9,14H2,1-2H3,(H,15,17). The second-order valence-electron chi connectivity index (χ2n) is 4.28. The number of carbonyl (C=O) groups excluding carboxylic acids is 2. The van der Waals surface area contributed by atoms with Gasteiger partial charge < -0.3 is 16.0 Å². The van der Waals surface area contributed by atoms with Crippen LogP contribution in [0.4, 0.5) is 5.69 Å². The highest BCUT2D eigenvalue weighted by Crippen LogP contribution is 2.20. The molecule has 1 heterocycles. The van der Waals surface area contributed by atoms with Gasteiger partial charge in [0.25, 0.3) is 5.91 Å². The summed E-state index contributed by atoms with van der Waals surface area (Å²) in [6.07, 6.45) is 1.68. The summed E-state index contributed by atoms with van der Waals surface area (Å²) < 4.78 is 0. The quantitative estimate of drug-likeness (QED) is 0.800. The molecular formula is C13H21N3O2S. The summed E-state index contributed by atoms with van der Waals surface area (Å²) in [4.78, 5) is 26.1. The monoisotopic (exact) mass is 283 g/mol. The molecule has 2 amide bonds. The minimum Gasteiger partial charge on any atom is -0.397 e. The molecule has 0 radical (unpaired) electrons. The largest absolute Gasteiger partial charge is 0.397 e. The maximum absolute atomic E-state index is 12.3. The van der Waals surface area contributed by atoms with E-state index in [9.17, 15) is 9.59 Å². The number of rotatable bonds is 7. The van der Waals surface area contributed by atoms with Crippen LogP contribution in [0.2, 0.25) is 0 Å². The van der Waals surface area contributed by atoms with Crippen molar-refractivity contribution in [2.45, 2.75) is 26.7 Å². The van der Waals surface area contributed by atoms with Crippen molar-refractivity contribution in [3.05, 3.63) is 16.3 Å². The SMILES string of the molecule is CCCNC(=O)CN(CCC)C(=O)c1sccc1N. The topological polar surface area (TPSA) is 75.4 Å². The van der Waals surface area contributed by atoms with E-state index in [0.717, 1.165) is 12.8 Å². The summed E-state index contributed by atoms with van der Waals surface area (Å²) in [5, 5.41) is 4.56. The molecule has 19 heavy (non-hydrogen) atoms. The molecule has 1 rings (SSSR count). The lowest BCUT2D eigenvalue weighted by atomic mass is 10.3. The smallest absolute Gasteiger partial charge is 0.266 e. The van der Waals surface area contributed by atoms with Crippen LogP contribution >= 0.6 is 11.3 Å². The van der Waals surface area contributed by atoms with E-state index >= 15 is 0 Å². The summed E-state index contributed by atoms with van der Waals surface area (Å²) >= 11 is 1.31. The molecule has 0 aliphatic heterocycles. The summed E-state index contributed by atoms with van der Waals surface area (Å²) in [6.45, 7) is 5.23. The first-order valence-electron chi connectivity index (χ1n) is 6.49. The number of hydrogen-bond acceptors (Lipinski definition) is 4. The van der Waals surface area contributed by atoms with Crippen LogP contribution in [0.15, 0.2) is 11.4 Å². The molecule has 0 aliphatic carbocycles. The molecule has 0 saturated heterocycles. The molecule has 106 valence electrons. The Labute approximate surface area is 117 Å². The Kier molecular flexibility index (Phi) is 6.35. The lowest BCUT2D eigenvalue weighted by molar-refractivity contribution is -0.121. The highest BCUT2D eigenvalue weighted by Gasteiger charge is 2.20. The van der Waals surface area contributed by atoms with Crippen LogP contribution in [-0.2, 0) is 4.79 Å². The molecule has 1 aromatic rings. The first-order chi connectivity index (χ1) is 9.10. The third-order valence-corrected chi connectivity index (χ3v) is 3.50. The predicted octanol–water partition coefficient (Wildman–Crippen LogP) is 1.71. The van der Waals surface area contributed by atoms with Gasteiger partial charge in [-0.15, -0.1) is 11.3 Å². The Bertz CT molecular complexity index is 431. The van der Waals surface area contributed by atoms with Crippen molar-refractivity contribution in [1.29, 1.82) is 0 Å². The van der Waals surface area contributed by atoms with Crippen LogP contribution < -0.4 is 11.1 Å². The summed E-state index contributed by atoms with van der Waals surface area (Å²) in [6, 6.07) is 1.71. The maximum atomic E-state index is 12.3. The number of nitrogens with one attached hydrogen (secondary N) is 1. The van der Waals surface area contributed by atoms with Gasteiger partial charge in [0.1, 0.15) is 4.88 Å². The number of carbonyl (C=O) groups is 2.